The highest BCUT2D eigenvalue weighted by molar-refractivity contribution is 5.85. The predicted molar refractivity (Wildman–Crippen MR) is 93.7 cm³/mol. The maximum absolute atomic E-state index is 3.79. The van der Waals surface area contributed by atoms with Crippen molar-refractivity contribution in [2.75, 3.05) is 39.8 Å². The first-order chi connectivity index (χ1) is 11.2. The molecule has 2 fully saturated rings. The first kappa shape index (κ1) is 14.0. The van der Waals surface area contributed by atoms with Crippen LogP contribution in [-0.4, -0.2) is 65.6 Å². The molecule has 122 valence electrons. The summed E-state index contributed by atoms with van der Waals surface area (Å²) in [4.78, 5) is 11.8. The number of H-pyrrole nitrogens is 1. The lowest BCUT2D eigenvalue weighted by atomic mass is 9.92. The van der Waals surface area contributed by atoms with Crippen LogP contribution in [0.4, 0.5) is 0 Å². The molecule has 0 saturated carbocycles. The molecule has 0 radical (unpaired) electrons. The minimum atomic E-state index is 0.583. The number of likely N-dealkylation sites (N-methyl/N-ethyl adjacent to an activating group) is 1. The van der Waals surface area contributed by atoms with E-state index >= 15 is 0 Å². The molecule has 4 heterocycles. The second-order valence-corrected chi connectivity index (χ2v) is 7.64. The molecular formula is C19H26N4. The molecule has 1 N–H and O–H groups in total. The van der Waals surface area contributed by atoms with Gasteiger partial charge in [0.25, 0.3) is 0 Å². The van der Waals surface area contributed by atoms with Gasteiger partial charge in [0.15, 0.2) is 0 Å². The van der Waals surface area contributed by atoms with Crippen molar-refractivity contribution in [2.45, 2.75) is 32.0 Å². The lowest BCUT2D eigenvalue weighted by Gasteiger charge is -2.53. The molecule has 0 bridgehead atoms. The van der Waals surface area contributed by atoms with Gasteiger partial charge in [0.05, 0.1) is 12.2 Å². The fraction of sp³-hybridized carbons (Fsp3) is 0.579. The van der Waals surface area contributed by atoms with Gasteiger partial charge < -0.3 is 9.88 Å². The largest absolute Gasteiger partial charge is 0.357 e. The monoisotopic (exact) mass is 310 g/mol. The summed E-state index contributed by atoms with van der Waals surface area (Å²) in [5.41, 5.74) is 5.76. The van der Waals surface area contributed by atoms with Crippen molar-refractivity contribution in [1.82, 2.24) is 19.7 Å². The SMILES string of the molecule is Cc1ccc2c3c([nH]c2c1)[C@@H]1CCN2CCN(C)C[C@@H]2N1CC3. The molecule has 0 amide bonds. The van der Waals surface area contributed by atoms with E-state index < -0.39 is 0 Å². The lowest BCUT2D eigenvalue weighted by Crippen LogP contribution is -2.64. The number of nitrogens with zero attached hydrogens (tertiary/aromatic N) is 3. The normalized spacial score (nSPS) is 29.3. The minimum absolute atomic E-state index is 0.583. The fourth-order valence-corrected chi connectivity index (χ4v) is 4.97. The Morgan fingerprint density at radius 2 is 2.04 bits per heavy atom. The van der Waals surface area contributed by atoms with Crippen LogP contribution in [0.3, 0.4) is 0 Å². The highest BCUT2D eigenvalue weighted by Crippen LogP contribution is 2.40. The molecular weight excluding hydrogens is 284 g/mol. The Balaban J connectivity index is 1.55. The summed E-state index contributed by atoms with van der Waals surface area (Å²) >= 11 is 0. The van der Waals surface area contributed by atoms with E-state index in [9.17, 15) is 0 Å². The topological polar surface area (TPSA) is 25.5 Å². The van der Waals surface area contributed by atoms with E-state index in [-0.39, 0.29) is 0 Å². The zero-order valence-corrected chi connectivity index (χ0v) is 14.2. The van der Waals surface area contributed by atoms with Crippen molar-refractivity contribution in [2.24, 2.45) is 0 Å². The number of hydrogen-bond acceptors (Lipinski definition) is 3. The van der Waals surface area contributed by atoms with Crippen LogP contribution >= 0.6 is 0 Å². The van der Waals surface area contributed by atoms with Crippen molar-refractivity contribution in [3.05, 3.63) is 35.0 Å². The number of piperazine rings is 1. The van der Waals surface area contributed by atoms with Crippen molar-refractivity contribution in [3.63, 3.8) is 0 Å². The molecule has 5 rings (SSSR count). The van der Waals surface area contributed by atoms with Gasteiger partial charge >= 0.3 is 0 Å². The van der Waals surface area contributed by atoms with Crippen LogP contribution in [0.1, 0.15) is 29.3 Å². The first-order valence-electron chi connectivity index (χ1n) is 9.00. The summed E-state index contributed by atoms with van der Waals surface area (Å²) < 4.78 is 0. The quantitative estimate of drug-likeness (QED) is 0.809. The molecule has 0 unspecified atom stereocenters. The number of aryl methyl sites for hydroxylation is 1. The average molecular weight is 310 g/mol. The number of nitrogens with one attached hydrogen (secondary N) is 1. The fourth-order valence-electron chi connectivity index (χ4n) is 4.97. The van der Waals surface area contributed by atoms with E-state index in [4.69, 9.17) is 0 Å². The summed E-state index contributed by atoms with van der Waals surface area (Å²) in [6.45, 7) is 8.25. The third-order valence-corrected chi connectivity index (χ3v) is 6.19. The Morgan fingerprint density at radius 1 is 1.13 bits per heavy atom. The van der Waals surface area contributed by atoms with Crippen molar-refractivity contribution >= 4 is 10.9 Å². The van der Waals surface area contributed by atoms with E-state index in [2.05, 4.69) is 51.9 Å². The second-order valence-electron chi connectivity index (χ2n) is 7.64. The van der Waals surface area contributed by atoms with Crippen LogP contribution in [0.25, 0.3) is 10.9 Å². The Morgan fingerprint density at radius 3 is 2.96 bits per heavy atom. The Labute approximate surface area is 138 Å². The number of fused-ring (bicyclic) bond motifs is 7. The van der Waals surface area contributed by atoms with Gasteiger partial charge in [0.2, 0.25) is 0 Å². The molecule has 4 nitrogen and oxygen atoms in total. The number of aromatic amines is 1. The molecule has 4 heteroatoms. The highest BCUT2D eigenvalue weighted by Gasteiger charge is 2.42. The number of aromatic nitrogens is 1. The van der Waals surface area contributed by atoms with Crippen LogP contribution in [0.15, 0.2) is 18.2 Å². The Hall–Kier alpha value is -1.36. The predicted octanol–water partition coefficient (Wildman–Crippen LogP) is 2.35. The maximum atomic E-state index is 3.79. The van der Waals surface area contributed by atoms with Gasteiger partial charge in [-0.1, -0.05) is 12.1 Å². The summed E-state index contributed by atoms with van der Waals surface area (Å²) in [6.07, 6.45) is 3.05. The first-order valence-corrected chi connectivity index (χ1v) is 9.00. The van der Waals surface area contributed by atoms with Gasteiger partial charge in [-0.3, -0.25) is 9.80 Å². The second kappa shape index (κ2) is 5.07. The highest BCUT2D eigenvalue weighted by atomic mass is 15.4. The zero-order valence-electron chi connectivity index (χ0n) is 14.2. The average Bonchev–Trinajstić information content (AvgIpc) is 2.92. The van der Waals surface area contributed by atoms with E-state index in [1.807, 2.05) is 0 Å². The van der Waals surface area contributed by atoms with Gasteiger partial charge in [-0.05, 0) is 44.0 Å². The van der Waals surface area contributed by atoms with Crippen LogP contribution in [0.2, 0.25) is 0 Å². The van der Waals surface area contributed by atoms with Gasteiger partial charge in [0, 0.05) is 49.3 Å². The third kappa shape index (κ3) is 2.09. The Kier molecular flexibility index (Phi) is 3.09. The van der Waals surface area contributed by atoms with E-state index in [1.54, 1.807) is 5.56 Å². The van der Waals surface area contributed by atoms with Crippen molar-refractivity contribution in [3.8, 4) is 0 Å². The molecule has 2 atom stereocenters. The molecule has 1 aromatic carbocycles. The maximum Gasteiger partial charge on any atom is 0.0759 e. The molecule has 3 aliphatic heterocycles. The van der Waals surface area contributed by atoms with Crippen LogP contribution < -0.4 is 0 Å². The van der Waals surface area contributed by atoms with E-state index in [0.29, 0.717) is 12.2 Å². The van der Waals surface area contributed by atoms with Gasteiger partial charge in [-0.25, -0.2) is 0 Å². The summed E-state index contributed by atoms with van der Waals surface area (Å²) in [7, 11) is 2.27. The smallest absolute Gasteiger partial charge is 0.0759 e. The van der Waals surface area contributed by atoms with E-state index in [1.165, 1.54) is 67.7 Å². The molecule has 3 aliphatic rings. The number of rotatable bonds is 0. The lowest BCUT2D eigenvalue weighted by molar-refractivity contribution is -0.0772. The molecule has 2 aromatic rings. The molecule has 2 saturated heterocycles. The van der Waals surface area contributed by atoms with Gasteiger partial charge in [-0.2, -0.15) is 0 Å². The number of hydrogen-bond donors (Lipinski definition) is 1. The van der Waals surface area contributed by atoms with Crippen LogP contribution in [0.5, 0.6) is 0 Å². The molecule has 1 aromatic heterocycles. The van der Waals surface area contributed by atoms with E-state index in [0.717, 1.165) is 0 Å². The standard InChI is InChI=1S/C19H26N4/c1-13-3-4-14-15-5-8-23-17(19(15)20-16(14)11-13)6-7-22-10-9-21(2)12-18(22)23/h3-4,11,17-18,20H,5-10,12H2,1-2H3/t17-,18-/m0/s1. The molecule has 0 spiro atoms. The van der Waals surface area contributed by atoms with Crippen LogP contribution in [-0.2, 0) is 6.42 Å². The third-order valence-electron chi connectivity index (χ3n) is 6.19. The zero-order chi connectivity index (χ0) is 15.6. The van der Waals surface area contributed by atoms with Crippen molar-refractivity contribution < 1.29 is 0 Å². The summed E-state index contributed by atoms with van der Waals surface area (Å²) in [6, 6.07) is 7.46. The van der Waals surface area contributed by atoms with Gasteiger partial charge in [-0.15, -0.1) is 0 Å². The summed E-state index contributed by atoms with van der Waals surface area (Å²) in [5.74, 6) is 0. The molecule has 0 aliphatic carbocycles. The summed E-state index contributed by atoms with van der Waals surface area (Å²) in [5, 5.41) is 1.45. The minimum Gasteiger partial charge on any atom is -0.357 e. The van der Waals surface area contributed by atoms with Crippen molar-refractivity contribution in [1.29, 1.82) is 0 Å². The van der Waals surface area contributed by atoms with Gasteiger partial charge in [0.1, 0.15) is 0 Å². The number of benzene rings is 1. The Bertz CT molecular complexity index is 749. The molecule has 23 heavy (non-hydrogen) atoms. The van der Waals surface area contributed by atoms with Crippen LogP contribution in [0, 0.1) is 6.92 Å².